The van der Waals surface area contributed by atoms with Gasteiger partial charge >= 0.3 is 0 Å². The number of piperidine rings is 1. The van der Waals surface area contributed by atoms with Crippen LogP contribution >= 0.6 is 11.8 Å². The van der Waals surface area contributed by atoms with E-state index in [0.717, 1.165) is 4.90 Å². The van der Waals surface area contributed by atoms with Crippen molar-refractivity contribution in [3.63, 3.8) is 0 Å². The van der Waals surface area contributed by atoms with Crippen LogP contribution in [0.4, 0.5) is 17.1 Å². The number of hydrogen-bond acceptors (Lipinski definition) is 4. The van der Waals surface area contributed by atoms with Gasteiger partial charge in [-0.3, -0.25) is 0 Å². The summed E-state index contributed by atoms with van der Waals surface area (Å²) in [5.41, 5.74) is 14.5. The van der Waals surface area contributed by atoms with Crippen molar-refractivity contribution in [2.24, 2.45) is 0 Å². The maximum atomic E-state index is 6.02. The smallest absolute Gasteiger partial charge is 0.0689 e. The molecule has 1 aliphatic rings. The van der Waals surface area contributed by atoms with E-state index >= 15 is 0 Å². The Hall–Kier alpha value is -1.81. The molecule has 2 aromatic rings. The van der Waals surface area contributed by atoms with E-state index in [4.69, 9.17) is 11.5 Å². The van der Waals surface area contributed by atoms with E-state index in [-0.39, 0.29) is 0 Å². The standard InChI is InChI=1S/C17H21N3S/c18-15-5-4-6-16(17(15)19)21-14-9-7-13(8-10-14)20-11-2-1-3-12-20/h4-10H,1-3,11-12,18-19H2. The Labute approximate surface area is 130 Å². The van der Waals surface area contributed by atoms with Gasteiger partial charge in [-0.2, -0.15) is 0 Å². The van der Waals surface area contributed by atoms with E-state index in [9.17, 15) is 0 Å². The lowest BCUT2D eigenvalue weighted by atomic mass is 10.1. The fourth-order valence-electron chi connectivity index (χ4n) is 2.65. The van der Waals surface area contributed by atoms with Gasteiger partial charge in [0.25, 0.3) is 0 Å². The predicted molar refractivity (Wildman–Crippen MR) is 91.9 cm³/mol. The van der Waals surface area contributed by atoms with Gasteiger partial charge in [0.05, 0.1) is 11.4 Å². The Bertz CT molecular complexity index is 604. The van der Waals surface area contributed by atoms with Gasteiger partial charge in [0, 0.05) is 28.6 Å². The average molecular weight is 299 g/mol. The summed E-state index contributed by atoms with van der Waals surface area (Å²) >= 11 is 1.66. The average Bonchev–Trinajstić information content (AvgIpc) is 2.53. The van der Waals surface area contributed by atoms with Crippen LogP contribution in [0.2, 0.25) is 0 Å². The third kappa shape index (κ3) is 3.27. The second-order valence-electron chi connectivity index (χ2n) is 5.40. The summed E-state index contributed by atoms with van der Waals surface area (Å²) in [5, 5.41) is 0. The van der Waals surface area contributed by atoms with Crippen molar-refractivity contribution in [2.75, 3.05) is 29.5 Å². The summed E-state index contributed by atoms with van der Waals surface area (Å²) in [6.45, 7) is 2.35. The molecule has 0 amide bonds. The van der Waals surface area contributed by atoms with Gasteiger partial charge in [0.15, 0.2) is 0 Å². The van der Waals surface area contributed by atoms with Crippen LogP contribution in [-0.2, 0) is 0 Å². The highest BCUT2D eigenvalue weighted by molar-refractivity contribution is 7.99. The zero-order valence-corrected chi connectivity index (χ0v) is 12.9. The van der Waals surface area contributed by atoms with Gasteiger partial charge in [-0.15, -0.1) is 0 Å². The molecule has 4 heteroatoms. The summed E-state index contributed by atoms with van der Waals surface area (Å²) in [4.78, 5) is 4.67. The van der Waals surface area contributed by atoms with Crippen molar-refractivity contribution in [3.8, 4) is 0 Å². The van der Waals surface area contributed by atoms with Crippen LogP contribution in [0.3, 0.4) is 0 Å². The first-order chi connectivity index (χ1) is 10.2. The molecule has 0 aliphatic carbocycles. The highest BCUT2D eigenvalue weighted by Crippen LogP contribution is 2.35. The molecule has 0 atom stereocenters. The fraction of sp³-hybridized carbons (Fsp3) is 0.294. The Morgan fingerprint density at radius 2 is 1.57 bits per heavy atom. The highest BCUT2D eigenvalue weighted by atomic mass is 32.2. The predicted octanol–water partition coefficient (Wildman–Crippen LogP) is 3.99. The van der Waals surface area contributed by atoms with Crippen molar-refractivity contribution in [2.45, 2.75) is 29.1 Å². The quantitative estimate of drug-likeness (QED) is 0.841. The topological polar surface area (TPSA) is 55.3 Å². The fourth-order valence-corrected chi connectivity index (χ4v) is 3.55. The molecular weight excluding hydrogens is 278 g/mol. The molecule has 1 heterocycles. The monoisotopic (exact) mass is 299 g/mol. The number of rotatable bonds is 3. The maximum Gasteiger partial charge on any atom is 0.0689 e. The van der Waals surface area contributed by atoms with Gasteiger partial charge in [0.2, 0.25) is 0 Å². The van der Waals surface area contributed by atoms with E-state index in [1.807, 2.05) is 18.2 Å². The summed E-state index contributed by atoms with van der Waals surface area (Å²) < 4.78 is 0. The molecule has 4 N–H and O–H groups in total. The molecule has 21 heavy (non-hydrogen) atoms. The minimum absolute atomic E-state index is 0.643. The largest absolute Gasteiger partial charge is 0.397 e. The number of para-hydroxylation sites is 1. The summed E-state index contributed by atoms with van der Waals surface area (Å²) in [7, 11) is 0. The molecule has 0 spiro atoms. The molecule has 1 aliphatic heterocycles. The minimum Gasteiger partial charge on any atom is -0.397 e. The molecule has 3 rings (SSSR count). The van der Waals surface area contributed by atoms with Gasteiger partial charge in [0.1, 0.15) is 0 Å². The lowest BCUT2D eigenvalue weighted by molar-refractivity contribution is 0.578. The molecule has 1 fully saturated rings. The molecule has 1 saturated heterocycles. The van der Waals surface area contributed by atoms with Crippen LogP contribution in [0.1, 0.15) is 19.3 Å². The van der Waals surface area contributed by atoms with Crippen LogP contribution in [0, 0.1) is 0 Å². The third-order valence-corrected chi connectivity index (χ3v) is 4.97. The lowest BCUT2D eigenvalue weighted by Crippen LogP contribution is -2.29. The van der Waals surface area contributed by atoms with Crippen LogP contribution < -0.4 is 16.4 Å². The van der Waals surface area contributed by atoms with Gasteiger partial charge in [-0.1, -0.05) is 17.8 Å². The zero-order valence-electron chi connectivity index (χ0n) is 12.1. The first kappa shape index (κ1) is 14.1. The Morgan fingerprint density at radius 3 is 2.29 bits per heavy atom. The Morgan fingerprint density at radius 1 is 0.857 bits per heavy atom. The zero-order chi connectivity index (χ0) is 14.7. The van der Waals surface area contributed by atoms with Gasteiger partial charge < -0.3 is 16.4 Å². The molecule has 0 radical (unpaired) electrons. The molecule has 110 valence electrons. The van der Waals surface area contributed by atoms with E-state index in [0.29, 0.717) is 11.4 Å². The summed E-state index contributed by atoms with van der Waals surface area (Å²) in [5.74, 6) is 0. The van der Waals surface area contributed by atoms with E-state index < -0.39 is 0 Å². The van der Waals surface area contributed by atoms with Crippen molar-refractivity contribution in [1.82, 2.24) is 0 Å². The number of nitrogens with zero attached hydrogens (tertiary/aromatic N) is 1. The molecule has 0 saturated carbocycles. The first-order valence-electron chi connectivity index (χ1n) is 7.41. The summed E-state index contributed by atoms with van der Waals surface area (Å²) in [6.07, 6.45) is 3.96. The van der Waals surface area contributed by atoms with Crippen LogP contribution in [-0.4, -0.2) is 13.1 Å². The van der Waals surface area contributed by atoms with E-state index in [1.54, 1.807) is 11.8 Å². The molecular formula is C17H21N3S. The Balaban J connectivity index is 1.73. The van der Waals surface area contributed by atoms with Gasteiger partial charge in [-0.25, -0.2) is 0 Å². The molecule has 0 bridgehead atoms. The van der Waals surface area contributed by atoms with Crippen molar-refractivity contribution in [3.05, 3.63) is 42.5 Å². The normalized spacial score (nSPS) is 15.1. The molecule has 2 aromatic carbocycles. The van der Waals surface area contributed by atoms with Crippen molar-refractivity contribution >= 4 is 28.8 Å². The van der Waals surface area contributed by atoms with Crippen molar-refractivity contribution < 1.29 is 0 Å². The number of nitrogen functional groups attached to an aromatic ring is 2. The molecule has 3 nitrogen and oxygen atoms in total. The summed E-state index contributed by atoms with van der Waals surface area (Å²) in [6, 6.07) is 14.5. The first-order valence-corrected chi connectivity index (χ1v) is 8.22. The van der Waals surface area contributed by atoms with Crippen molar-refractivity contribution in [1.29, 1.82) is 0 Å². The van der Waals surface area contributed by atoms with Crippen LogP contribution in [0.5, 0.6) is 0 Å². The minimum atomic E-state index is 0.643. The highest BCUT2D eigenvalue weighted by Gasteiger charge is 2.11. The van der Waals surface area contributed by atoms with Crippen LogP contribution in [0.15, 0.2) is 52.3 Å². The lowest BCUT2D eigenvalue weighted by Gasteiger charge is -2.28. The van der Waals surface area contributed by atoms with E-state index in [1.165, 1.54) is 42.9 Å². The second kappa shape index (κ2) is 6.31. The number of hydrogen-bond donors (Lipinski definition) is 2. The van der Waals surface area contributed by atoms with Gasteiger partial charge in [-0.05, 0) is 55.7 Å². The SMILES string of the molecule is Nc1cccc(Sc2ccc(N3CCCCC3)cc2)c1N. The molecule has 0 aromatic heterocycles. The second-order valence-corrected chi connectivity index (χ2v) is 6.52. The molecule has 0 unspecified atom stereocenters. The maximum absolute atomic E-state index is 6.02. The Kier molecular flexibility index (Phi) is 4.25. The van der Waals surface area contributed by atoms with Crippen LogP contribution in [0.25, 0.3) is 0 Å². The third-order valence-electron chi connectivity index (χ3n) is 3.89. The van der Waals surface area contributed by atoms with E-state index in [2.05, 4.69) is 29.2 Å². The number of nitrogens with two attached hydrogens (primary N) is 2. The number of benzene rings is 2. The number of anilines is 3.